The van der Waals surface area contributed by atoms with Crippen molar-refractivity contribution in [3.63, 3.8) is 0 Å². The Morgan fingerprint density at radius 3 is 2.52 bits per heavy atom. The molecule has 0 radical (unpaired) electrons. The average molecular weight is 316 g/mol. The van der Waals surface area contributed by atoms with Crippen molar-refractivity contribution in [1.82, 2.24) is 0 Å². The van der Waals surface area contributed by atoms with Gasteiger partial charge >= 0.3 is 0 Å². The van der Waals surface area contributed by atoms with Gasteiger partial charge in [-0.25, -0.2) is 8.78 Å². The SMILES string of the molecule is Bc1c(-c2ccc(OC3CCCO3)c(F)c2C)ccc(C)c1F. The fourth-order valence-corrected chi connectivity index (χ4v) is 2.94. The lowest BCUT2D eigenvalue weighted by Crippen LogP contribution is -2.16. The van der Waals surface area contributed by atoms with Gasteiger partial charge in [0.25, 0.3) is 0 Å². The van der Waals surface area contributed by atoms with E-state index in [0.717, 1.165) is 12.8 Å². The van der Waals surface area contributed by atoms with Crippen molar-refractivity contribution in [2.24, 2.45) is 0 Å². The number of halogens is 2. The van der Waals surface area contributed by atoms with Crippen LogP contribution >= 0.6 is 0 Å². The second kappa shape index (κ2) is 6.32. The molecule has 1 unspecified atom stereocenters. The molecular weight excluding hydrogens is 297 g/mol. The van der Waals surface area contributed by atoms with Gasteiger partial charge in [0.15, 0.2) is 17.9 Å². The van der Waals surface area contributed by atoms with Crippen LogP contribution in [-0.4, -0.2) is 20.7 Å². The second-order valence-corrected chi connectivity index (χ2v) is 5.98. The molecule has 0 aromatic heterocycles. The Balaban J connectivity index is 1.98. The number of ether oxygens (including phenoxy) is 2. The van der Waals surface area contributed by atoms with E-state index in [-0.39, 0.29) is 17.9 Å². The highest BCUT2D eigenvalue weighted by Crippen LogP contribution is 2.31. The molecule has 5 heteroatoms. The second-order valence-electron chi connectivity index (χ2n) is 5.98. The van der Waals surface area contributed by atoms with Gasteiger partial charge in [-0.1, -0.05) is 18.2 Å². The maximum Gasteiger partial charge on any atom is 0.200 e. The lowest BCUT2D eigenvalue weighted by atomic mass is 9.84. The van der Waals surface area contributed by atoms with Gasteiger partial charge in [0, 0.05) is 6.42 Å². The Bertz CT molecular complexity index is 740. The van der Waals surface area contributed by atoms with Gasteiger partial charge in [-0.05, 0) is 54.1 Å². The van der Waals surface area contributed by atoms with Crippen LogP contribution in [0, 0.1) is 25.5 Å². The molecule has 1 fully saturated rings. The predicted molar refractivity (Wildman–Crippen MR) is 89.0 cm³/mol. The van der Waals surface area contributed by atoms with Gasteiger partial charge in [-0.15, -0.1) is 0 Å². The topological polar surface area (TPSA) is 18.5 Å². The molecular formula is C18H19BF2O2. The molecule has 1 atom stereocenters. The van der Waals surface area contributed by atoms with Crippen molar-refractivity contribution in [1.29, 1.82) is 0 Å². The van der Waals surface area contributed by atoms with Crippen molar-refractivity contribution in [3.8, 4) is 16.9 Å². The predicted octanol–water partition coefficient (Wildman–Crippen LogP) is 3.02. The molecule has 3 rings (SSSR count). The number of hydrogen-bond donors (Lipinski definition) is 0. The van der Waals surface area contributed by atoms with E-state index in [9.17, 15) is 8.78 Å². The minimum atomic E-state index is -0.418. The molecule has 0 saturated carbocycles. The van der Waals surface area contributed by atoms with E-state index < -0.39 is 5.82 Å². The molecule has 1 saturated heterocycles. The summed E-state index contributed by atoms with van der Waals surface area (Å²) in [5, 5.41) is 0. The molecule has 1 heterocycles. The molecule has 0 N–H and O–H groups in total. The summed E-state index contributed by atoms with van der Waals surface area (Å²) in [5.41, 5.74) is 2.95. The third kappa shape index (κ3) is 2.98. The normalized spacial score (nSPS) is 17.5. The maximum absolute atomic E-state index is 14.6. The Morgan fingerprint density at radius 1 is 1.09 bits per heavy atom. The lowest BCUT2D eigenvalue weighted by Gasteiger charge is -2.17. The maximum atomic E-state index is 14.6. The van der Waals surface area contributed by atoms with E-state index in [1.807, 2.05) is 6.07 Å². The number of rotatable bonds is 3. The first-order valence-electron chi connectivity index (χ1n) is 7.82. The molecule has 2 aromatic rings. The summed E-state index contributed by atoms with van der Waals surface area (Å²) < 4.78 is 39.7. The lowest BCUT2D eigenvalue weighted by molar-refractivity contribution is -0.0411. The van der Waals surface area contributed by atoms with Gasteiger partial charge in [0.05, 0.1) is 6.61 Å². The molecule has 23 heavy (non-hydrogen) atoms. The Labute approximate surface area is 135 Å². The standard InChI is InChI=1S/C18H19BF2O2/c1-10-5-6-13(16(19)17(10)20)12-7-8-14(18(21)11(12)2)23-15-4-3-9-22-15/h5-8,15H,3-4,9,19H2,1-2H3. The minimum absolute atomic E-state index is 0.184. The van der Waals surface area contributed by atoms with Gasteiger partial charge in [-0.2, -0.15) is 0 Å². The van der Waals surface area contributed by atoms with Crippen molar-refractivity contribution in [3.05, 3.63) is 47.0 Å². The number of aryl methyl sites for hydroxylation is 1. The van der Waals surface area contributed by atoms with E-state index in [0.29, 0.717) is 34.3 Å². The van der Waals surface area contributed by atoms with Crippen LogP contribution < -0.4 is 10.2 Å². The van der Waals surface area contributed by atoms with E-state index in [1.54, 1.807) is 39.9 Å². The molecule has 1 aliphatic heterocycles. The van der Waals surface area contributed by atoms with Crippen LogP contribution in [0.15, 0.2) is 24.3 Å². The first kappa shape index (κ1) is 16.0. The van der Waals surface area contributed by atoms with Crippen LogP contribution in [0.25, 0.3) is 11.1 Å². The first-order chi connectivity index (χ1) is 11.0. The van der Waals surface area contributed by atoms with Crippen LogP contribution in [0.5, 0.6) is 5.75 Å². The third-order valence-corrected chi connectivity index (χ3v) is 4.37. The molecule has 120 valence electrons. The zero-order valence-corrected chi connectivity index (χ0v) is 13.6. The van der Waals surface area contributed by atoms with Gasteiger partial charge in [0.1, 0.15) is 13.7 Å². The number of benzene rings is 2. The van der Waals surface area contributed by atoms with Crippen LogP contribution in [0.3, 0.4) is 0 Å². The Kier molecular flexibility index (Phi) is 4.40. The highest BCUT2D eigenvalue weighted by molar-refractivity contribution is 6.36. The fourth-order valence-electron chi connectivity index (χ4n) is 2.94. The van der Waals surface area contributed by atoms with E-state index in [2.05, 4.69) is 0 Å². The van der Waals surface area contributed by atoms with Gasteiger partial charge < -0.3 is 9.47 Å². The Morgan fingerprint density at radius 2 is 1.83 bits per heavy atom. The summed E-state index contributed by atoms with van der Waals surface area (Å²) >= 11 is 0. The zero-order valence-electron chi connectivity index (χ0n) is 13.6. The monoisotopic (exact) mass is 316 g/mol. The molecule has 1 aliphatic rings. The summed E-state index contributed by atoms with van der Waals surface area (Å²) in [6, 6.07) is 6.91. The molecule has 2 aromatic carbocycles. The summed E-state index contributed by atoms with van der Waals surface area (Å²) in [7, 11) is 1.71. The highest BCUT2D eigenvalue weighted by atomic mass is 19.1. The fraction of sp³-hybridized carbons (Fsp3) is 0.333. The third-order valence-electron chi connectivity index (χ3n) is 4.37. The molecule has 0 aliphatic carbocycles. The van der Waals surface area contributed by atoms with E-state index >= 15 is 0 Å². The molecule has 0 spiro atoms. The van der Waals surface area contributed by atoms with Crippen LogP contribution in [0.1, 0.15) is 24.0 Å². The number of hydrogen-bond acceptors (Lipinski definition) is 2. The van der Waals surface area contributed by atoms with Crippen LogP contribution in [0.4, 0.5) is 8.78 Å². The first-order valence-corrected chi connectivity index (χ1v) is 7.82. The summed E-state index contributed by atoms with van der Waals surface area (Å²) in [5.74, 6) is -0.483. The highest BCUT2D eigenvalue weighted by Gasteiger charge is 2.21. The largest absolute Gasteiger partial charge is 0.462 e. The van der Waals surface area contributed by atoms with Crippen molar-refractivity contribution in [2.45, 2.75) is 33.0 Å². The van der Waals surface area contributed by atoms with Gasteiger partial charge in [-0.3, -0.25) is 0 Å². The summed E-state index contributed by atoms with van der Waals surface area (Å²) in [4.78, 5) is 0. The summed E-state index contributed by atoms with van der Waals surface area (Å²) in [6.07, 6.45) is 1.31. The molecule has 2 nitrogen and oxygen atoms in total. The Hall–Kier alpha value is -1.88. The van der Waals surface area contributed by atoms with Crippen molar-refractivity contribution < 1.29 is 18.3 Å². The van der Waals surface area contributed by atoms with Crippen LogP contribution in [0.2, 0.25) is 0 Å². The quantitative estimate of drug-likeness (QED) is 0.811. The van der Waals surface area contributed by atoms with E-state index in [4.69, 9.17) is 9.47 Å². The average Bonchev–Trinajstić information content (AvgIpc) is 3.04. The minimum Gasteiger partial charge on any atom is -0.462 e. The molecule has 0 bridgehead atoms. The molecule has 0 amide bonds. The van der Waals surface area contributed by atoms with Gasteiger partial charge in [0.2, 0.25) is 0 Å². The van der Waals surface area contributed by atoms with Crippen molar-refractivity contribution in [2.75, 3.05) is 6.61 Å². The smallest absolute Gasteiger partial charge is 0.200 e. The zero-order chi connectivity index (χ0) is 16.6. The van der Waals surface area contributed by atoms with Crippen LogP contribution in [-0.2, 0) is 4.74 Å². The van der Waals surface area contributed by atoms with E-state index in [1.165, 1.54) is 0 Å². The summed E-state index contributed by atoms with van der Waals surface area (Å²) in [6.45, 7) is 4.05. The van der Waals surface area contributed by atoms with Crippen molar-refractivity contribution >= 4 is 13.3 Å².